The number of ether oxygens (including phenoxy) is 1. The summed E-state index contributed by atoms with van der Waals surface area (Å²) in [5.74, 6) is 1.03. The summed E-state index contributed by atoms with van der Waals surface area (Å²) >= 11 is 0. The highest BCUT2D eigenvalue weighted by Crippen LogP contribution is 2.29. The Morgan fingerprint density at radius 2 is 2.03 bits per heavy atom. The van der Waals surface area contributed by atoms with Gasteiger partial charge in [0.15, 0.2) is 15.7 Å². The molecule has 0 radical (unpaired) electrons. The lowest BCUT2D eigenvalue weighted by atomic mass is 10.2. The van der Waals surface area contributed by atoms with Gasteiger partial charge in [-0.2, -0.15) is 0 Å². The average Bonchev–Trinajstić information content (AvgIpc) is 3.09. The average molecular weight is 462 g/mol. The van der Waals surface area contributed by atoms with Crippen LogP contribution < -0.4 is 5.73 Å². The number of sulfone groups is 1. The fraction of sp³-hybridized carbons (Fsp3) is 0.476. The van der Waals surface area contributed by atoms with Crippen LogP contribution in [-0.4, -0.2) is 76.9 Å². The van der Waals surface area contributed by atoms with Gasteiger partial charge in [-0.05, 0) is 18.9 Å². The number of nitrogens with two attached hydrogens (primary N) is 1. The molecule has 3 aromatic rings. The summed E-state index contributed by atoms with van der Waals surface area (Å²) in [5, 5.41) is 10.4. The number of nitrogen functional groups attached to an aromatic ring is 1. The summed E-state index contributed by atoms with van der Waals surface area (Å²) in [5.41, 5.74) is 8.56. The van der Waals surface area contributed by atoms with Gasteiger partial charge in [0.2, 0.25) is 0 Å². The smallest absolute Gasteiger partial charge is 0.407 e. The molecule has 0 saturated carbocycles. The molecule has 0 unspecified atom stereocenters. The lowest BCUT2D eigenvalue weighted by Crippen LogP contribution is -2.55. The van der Waals surface area contributed by atoms with E-state index in [1.807, 2.05) is 24.3 Å². The first-order valence-corrected chi connectivity index (χ1v) is 12.3. The van der Waals surface area contributed by atoms with Crippen LogP contribution in [0.3, 0.4) is 0 Å². The minimum absolute atomic E-state index is 0.0924. The molecule has 1 amide bonds. The second-order valence-electron chi connectivity index (χ2n) is 8.05. The van der Waals surface area contributed by atoms with E-state index >= 15 is 0 Å². The number of imidazole rings is 1. The minimum atomic E-state index is -3.09. The number of para-hydroxylation sites is 1. The molecule has 3 N–H and O–H groups in total. The molecule has 32 heavy (non-hydrogen) atoms. The van der Waals surface area contributed by atoms with Gasteiger partial charge in [-0.3, -0.25) is 0 Å². The molecule has 0 aliphatic carbocycles. The number of nitrogens with zero attached hydrogens (tertiary/aromatic N) is 4. The molecule has 0 atom stereocenters. The van der Waals surface area contributed by atoms with Crippen molar-refractivity contribution in [2.24, 2.45) is 0 Å². The minimum Gasteiger partial charge on any atom is -0.465 e. The molecule has 172 valence electrons. The Labute approximate surface area is 185 Å². The van der Waals surface area contributed by atoms with Gasteiger partial charge in [-0.25, -0.2) is 23.2 Å². The molecule has 0 bridgehead atoms. The number of anilines is 1. The third-order valence-electron chi connectivity index (χ3n) is 5.83. The van der Waals surface area contributed by atoms with E-state index in [1.165, 1.54) is 4.90 Å². The van der Waals surface area contributed by atoms with Gasteiger partial charge in [-0.15, -0.1) is 0 Å². The lowest BCUT2D eigenvalue weighted by Gasteiger charge is -2.35. The summed E-state index contributed by atoms with van der Waals surface area (Å²) < 4.78 is 30.2. The zero-order chi connectivity index (χ0) is 22.9. The fourth-order valence-corrected chi connectivity index (χ4v) is 5.67. The molecule has 1 aromatic carbocycles. The number of aromatic nitrogens is 3. The van der Waals surface area contributed by atoms with Gasteiger partial charge in [0.1, 0.15) is 11.3 Å². The van der Waals surface area contributed by atoms with Crippen molar-refractivity contribution in [1.29, 1.82) is 0 Å². The molecule has 1 aliphatic heterocycles. The third kappa shape index (κ3) is 4.35. The van der Waals surface area contributed by atoms with E-state index in [2.05, 4.69) is 9.55 Å². The van der Waals surface area contributed by atoms with Gasteiger partial charge in [-0.1, -0.05) is 18.2 Å². The quantitative estimate of drug-likeness (QED) is 0.461. The number of fused-ring (bicyclic) bond motifs is 3. The van der Waals surface area contributed by atoms with Crippen molar-refractivity contribution >= 4 is 43.7 Å². The summed E-state index contributed by atoms with van der Waals surface area (Å²) in [4.78, 5) is 22.0. The van der Waals surface area contributed by atoms with E-state index in [9.17, 15) is 18.3 Å². The molecule has 4 rings (SSSR count). The molecule has 1 aliphatic rings. The van der Waals surface area contributed by atoms with Crippen LogP contribution in [0, 0.1) is 0 Å². The second kappa shape index (κ2) is 8.91. The first-order chi connectivity index (χ1) is 15.3. The standard InChI is InChI=1S/C21H27N5O5S/c1-31-11-8-17-24-18-19(15-6-2-3-7-16(15)23-20(18)22)26(17)10-5-4-9-25(21(27)28)14-12-32(29,30)13-14/h2-3,6-7,14H,4-5,8-13H2,1H3,(H2,22,23)(H,27,28). The van der Waals surface area contributed by atoms with E-state index in [1.54, 1.807) is 7.11 Å². The Hall–Kier alpha value is -2.92. The van der Waals surface area contributed by atoms with E-state index in [4.69, 9.17) is 15.5 Å². The summed E-state index contributed by atoms with van der Waals surface area (Å²) in [7, 11) is -1.45. The van der Waals surface area contributed by atoms with Crippen molar-refractivity contribution < 1.29 is 23.1 Å². The number of benzene rings is 1. The van der Waals surface area contributed by atoms with Gasteiger partial charge in [0.25, 0.3) is 0 Å². The van der Waals surface area contributed by atoms with Crippen molar-refractivity contribution in [2.75, 3.05) is 37.5 Å². The maximum Gasteiger partial charge on any atom is 0.407 e. The van der Waals surface area contributed by atoms with Crippen molar-refractivity contribution in [1.82, 2.24) is 19.4 Å². The lowest BCUT2D eigenvalue weighted by molar-refractivity contribution is 0.128. The number of hydrogen-bond donors (Lipinski definition) is 2. The first-order valence-electron chi connectivity index (χ1n) is 10.5. The number of aryl methyl sites for hydroxylation is 1. The van der Waals surface area contributed by atoms with E-state index in [0.29, 0.717) is 50.3 Å². The Morgan fingerprint density at radius 1 is 1.28 bits per heavy atom. The van der Waals surface area contributed by atoms with Crippen LogP contribution in [0.1, 0.15) is 18.7 Å². The number of methoxy groups -OCH3 is 1. The highest BCUT2D eigenvalue weighted by Gasteiger charge is 2.39. The molecule has 1 fully saturated rings. The molecule has 10 nitrogen and oxygen atoms in total. The Morgan fingerprint density at radius 3 is 2.72 bits per heavy atom. The predicted octanol–water partition coefficient (Wildman–Crippen LogP) is 1.91. The fourth-order valence-electron chi connectivity index (χ4n) is 4.23. The highest BCUT2D eigenvalue weighted by atomic mass is 32.2. The van der Waals surface area contributed by atoms with Crippen LogP contribution in [0.4, 0.5) is 10.6 Å². The van der Waals surface area contributed by atoms with Crippen LogP contribution in [0.2, 0.25) is 0 Å². The predicted molar refractivity (Wildman–Crippen MR) is 121 cm³/mol. The molecule has 3 heterocycles. The zero-order valence-corrected chi connectivity index (χ0v) is 18.7. The van der Waals surface area contributed by atoms with Crippen LogP contribution in [0.5, 0.6) is 0 Å². The Balaban J connectivity index is 1.55. The van der Waals surface area contributed by atoms with Crippen LogP contribution in [0.15, 0.2) is 24.3 Å². The topological polar surface area (TPSA) is 141 Å². The zero-order valence-electron chi connectivity index (χ0n) is 17.9. The first kappa shape index (κ1) is 22.3. The van der Waals surface area contributed by atoms with Gasteiger partial charge >= 0.3 is 6.09 Å². The molecule has 0 spiro atoms. The van der Waals surface area contributed by atoms with Crippen molar-refractivity contribution in [2.45, 2.75) is 31.8 Å². The summed E-state index contributed by atoms with van der Waals surface area (Å²) in [6, 6.07) is 7.32. The number of amides is 1. The number of unbranched alkanes of at least 4 members (excludes halogenated alkanes) is 1. The van der Waals surface area contributed by atoms with Crippen LogP contribution >= 0.6 is 0 Å². The van der Waals surface area contributed by atoms with Crippen LogP contribution in [0.25, 0.3) is 21.9 Å². The number of rotatable bonds is 9. The second-order valence-corrected chi connectivity index (χ2v) is 10.2. The maximum absolute atomic E-state index is 11.6. The van der Waals surface area contributed by atoms with E-state index in [-0.39, 0.29) is 11.5 Å². The van der Waals surface area contributed by atoms with Crippen molar-refractivity contribution in [3.8, 4) is 0 Å². The van der Waals surface area contributed by atoms with Gasteiger partial charge in [0, 0.05) is 32.0 Å². The maximum atomic E-state index is 11.6. The molecule has 2 aromatic heterocycles. The van der Waals surface area contributed by atoms with Crippen LogP contribution in [-0.2, 0) is 27.5 Å². The van der Waals surface area contributed by atoms with E-state index in [0.717, 1.165) is 22.2 Å². The van der Waals surface area contributed by atoms with Gasteiger partial charge in [0.05, 0.1) is 35.2 Å². The van der Waals surface area contributed by atoms with Crippen molar-refractivity contribution in [3.63, 3.8) is 0 Å². The number of carbonyl (C=O) groups is 1. The SMILES string of the molecule is COCCc1nc2c(N)nc3ccccc3c2n1CCCCN(C(=O)O)C1CS(=O)(=O)C1. The highest BCUT2D eigenvalue weighted by molar-refractivity contribution is 7.92. The largest absolute Gasteiger partial charge is 0.465 e. The summed E-state index contributed by atoms with van der Waals surface area (Å²) in [6.07, 6.45) is 0.833. The Kier molecular flexibility index (Phi) is 6.20. The number of hydrogen-bond acceptors (Lipinski definition) is 7. The molecule has 11 heteroatoms. The monoisotopic (exact) mass is 461 g/mol. The van der Waals surface area contributed by atoms with E-state index < -0.39 is 22.0 Å². The normalized spacial score (nSPS) is 15.8. The molecule has 1 saturated heterocycles. The number of carboxylic acid groups (broad SMARTS) is 1. The van der Waals surface area contributed by atoms with Crippen molar-refractivity contribution in [3.05, 3.63) is 30.1 Å². The van der Waals surface area contributed by atoms with Gasteiger partial charge < -0.3 is 25.0 Å². The Bertz CT molecular complexity index is 1240. The molecular weight excluding hydrogens is 434 g/mol. The number of pyridine rings is 1. The third-order valence-corrected chi connectivity index (χ3v) is 7.61. The summed E-state index contributed by atoms with van der Waals surface area (Å²) in [6.45, 7) is 1.43. The molecular formula is C21H27N5O5S.